The fourth-order valence-electron chi connectivity index (χ4n) is 1.80. The molecular weight excluding hydrogens is 222 g/mol. The van der Waals surface area contributed by atoms with E-state index in [4.69, 9.17) is 10.0 Å². The average Bonchev–Trinajstić information content (AvgIpc) is 2.30. The molecule has 17 heavy (non-hydrogen) atoms. The fourth-order valence-corrected chi connectivity index (χ4v) is 1.80. The number of unbranched alkanes of at least 4 members (excludes halogenated alkanes) is 9. The standard InChI is InChI=1S/C12H26BFO3/c14-11-9-7-5-3-1-2-4-6-8-10-12-17-13(15)16/h15-16H,1-12H2. The zero-order valence-corrected chi connectivity index (χ0v) is 10.7. The highest BCUT2D eigenvalue weighted by molar-refractivity contribution is 6.32. The Morgan fingerprint density at radius 3 is 1.53 bits per heavy atom. The van der Waals surface area contributed by atoms with E-state index >= 15 is 0 Å². The molecule has 0 aromatic heterocycles. The summed E-state index contributed by atoms with van der Waals surface area (Å²) in [6.07, 6.45) is 11.0. The molecular formula is C12H26BFO3. The molecule has 2 N–H and O–H groups in total. The maximum absolute atomic E-state index is 11.8. The van der Waals surface area contributed by atoms with Crippen LogP contribution in [-0.4, -0.2) is 30.7 Å². The number of hydrogen-bond donors (Lipinski definition) is 2. The highest BCUT2D eigenvalue weighted by Gasteiger charge is 2.06. The Bertz CT molecular complexity index is 148. The normalized spacial score (nSPS) is 10.8. The Kier molecular flexibility index (Phi) is 13.8. The lowest BCUT2D eigenvalue weighted by Gasteiger charge is -2.03. The summed E-state index contributed by atoms with van der Waals surface area (Å²) in [6, 6.07) is 0. The number of halogens is 1. The molecule has 0 rings (SSSR count). The minimum absolute atomic E-state index is 0.176. The SMILES string of the molecule is OB(O)OCCCCCCCCCCCCF. The molecule has 0 unspecified atom stereocenters. The third-order valence-corrected chi connectivity index (χ3v) is 2.79. The second-order valence-electron chi connectivity index (χ2n) is 4.42. The number of alkyl halides is 1. The Morgan fingerprint density at radius 1 is 0.706 bits per heavy atom. The second kappa shape index (κ2) is 13.9. The molecule has 0 bridgehead atoms. The summed E-state index contributed by atoms with van der Waals surface area (Å²) in [5, 5.41) is 16.8. The van der Waals surface area contributed by atoms with Gasteiger partial charge in [0.15, 0.2) is 0 Å². The summed E-state index contributed by atoms with van der Waals surface area (Å²) >= 11 is 0. The molecule has 0 aliphatic carbocycles. The third-order valence-electron chi connectivity index (χ3n) is 2.79. The molecule has 0 aliphatic heterocycles. The van der Waals surface area contributed by atoms with E-state index in [0.29, 0.717) is 6.61 Å². The minimum Gasteiger partial charge on any atom is -0.402 e. The number of rotatable bonds is 13. The molecule has 5 heteroatoms. The number of hydrogen-bond acceptors (Lipinski definition) is 3. The topological polar surface area (TPSA) is 49.7 Å². The molecule has 0 spiro atoms. The van der Waals surface area contributed by atoms with E-state index in [1.165, 1.54) is 32.1 Å². The van der Waals surface area contributed by atoms with Gasteiger partial charge in [-0.1, -0.05) is 51.4 Å². The molecule has 0 aliphatic rings. The quantitative estimate of drug-likeness (QED) is 0.389. The molecule has 0 amide bonds. The minimum atomic E-state index is -1.63. The first kappa shape index (κ1) is 16.9. The van der Waals surface area contributed by atoms with Crippen LogP contribution in [0.1, 0.15) is 64.2 Å². The molecule has 0 fully saturated rings. The third kappa shape index (κ3) is 15.9. The summed E-state index contributed by atoms with van der Waals surface area (Å²) in [5.41, 5.74) is 0. The van der Waals surface area contributed by atoms with Crippen molar-refractivity contribution >= 4 is 7.32 Å². The van der Waals surface area contributed by atoms with Crippen molar-refractivity contribution < 1.29 is 19.1 Å². The van der Waals surface area contributed by atoms with Crippen LogP contribution in [-0.2, 0) is 4.65 Å². The van der Waals surface area contributed by atoms with Gasteiger partial charge in [0.1, 0.15) is 0 Å². The predicted molar refractivity (Wildman–Crippen MR) is 68.3 cm³/mol. The van der Waals surface area contributed by atoms with E-state index in [1.807, 2.05) is 0 Å². The highest BCUT2D eigenvalue weighted by atomic mass is 19.1. The van der Waals surface area contributed by atoms with E-state index in [-0.39, 0.29) is 6.67 Å². The smallest absolute Gasteiger partial charge is 0.402 e. The van der Waals surface area contributed by atoms with Crippen LogP contribution in [0.15, 0.2) is 0 Å². The van der Waals surface area contributed by atoms with E-state index in [2.05, 4.69) is 4.65 Å². The molecule has 0 saturated carbocycles. The van der Waals surface area contributed by atoms with Crippen LogP contribution in [0, 0.1) is 0 Å². The summed E-state index contributed by atoms with van der Waals surface area (Å²) in [4.78, 5) is 0. The van der Waals surface area contributed by atoms with Gasteiger partial charge in [-0.15, -0.1) is 0 Å². The van der Waals surface area contributed by atoms with Gasteiger partial charge in [-0.25, -0.2) is 0 Å². The van der Waals surface area contributed by atoms with Crippen LogP contribution in [0.2, 0.25) is 0 Å². The molecule has 0 atom stereocenters. The lowest BCUT2D eigenvalue weighted by Crippen LogP contribution is -2.17. The largest absolute Gasteiger partial charge is 0.633 e. The molecule has 0 aromatic carbocycles. The Balaban J connectivity index is 2.89. The molecule has 0 heterocycles. The van der Waals surface area contributed by atoms with Crippen LogP contribution < -0.4 is 0 Å². The molecule has 102 valence electrons. The first-order valence-corrected chi connectivity index (χ1v) is 6.81. The summed E-state index contributed by atoms with van der Waals surface area (Å²) in [6.45, 7) is 0.242. The van der Waals surface area contributed by atoms with Crippen molar-refractivity contribution in [3.05, 3.63) is 0 Å². The van der Waals surface area contributed by atoms with E-state index < -0.39 is 7.32 Å². The van der Waals surface area contributed by atoms with Crippen molar-refractivity contribution in [3.8, 4) is 0 Å². The van der Waals surface area contributed by atoms with E-state index in [0.717, 1.165) is 32.1 Å². The van der Waals surface area contributed by atoms with Crippen LogP contribution in [0.3, 0.4) is 0 Å². The van der Waals surface area contributed by atoms with Crippen molar-refractivity contribution in [2.75, 3.05) is 13.3 Å². The maximum atomic E-state index is 11.8. The summed E-state index contributed by atoms with van der Waals surface area (Å²) in [5.74, 6) is 0. The monoisotopic (exact) mass is 248 g/mol. The van der Waals surface area contributed by atoms with E-state index in [1.54, 1.807) is 0 Å². The highest BCUT2D eigenvalue weighted by Crippen LogP contribution is 2.10. The Hall–Kier alpha value is -0.125. The summed E-state index contributed by atoms with van der Waals surface area (Å²) in [7, 11) is -1.63. The van der Waals surface area contributed by atoms with Gasteiger partial charge >= 0.3 is 7.32 Å². The van der Waals surface area contributed by atoms with Crippen LogP contribution in [0.5, 0.6) is 0 Å². The second-order valence-corrected chi connectivity index (χ2v) is 4.42. The van der Waals surface area contributed by atoms with Gasteiger partial charge in [0, 0.05) is 6.61 Å². The van der Waals surface area contributed by atoms with Gasteiger partial charge in [-0.3, -0.25) is 4.39 Å². The summed E-state index contributed by atoms with van der Waals surface area (Å²) < 4.78 is 16.4. The van der Waals surface area contributed by atoms with Crippen molar-refractivity contribution in [2.45, 2.75) is 64.2 Å². The van der Waals surface area contributed by atoms with Gasteiger partial charge in [0.2, 0.25) is 0 Å². The first-order chi connectivity index (χ1) is 8.27. The van der Waals surface area contributed by atoms with Gasteiger partial charge in [0.25, 0.3) is 0 Å². The Labute approximate surface area is 105 Å². The van der Waals surface area contributed by atoms with Crippen LogP contribution >= 0.6 is 0 Å². The fraction of sp³-hybridized carbons (Fsp3) is 1.00. The van der Waals surface area contributed by atoms with Crippen LogP contribution in [0.4, 0.5) is 4.39 Å². The first-order valence-electron chi connectivity index (χ1n) is 6.81. The van der Waals surface area contributed by atoms with Crippen LogP contribution in [0.25, 0.3) is 0 Å². The van der Waals surface area contributed by atoms with Crippen molar-refractivity contribution in [3.63, 3.8) is 0 Å². The Morgan fingerprint density at radius 2 is 1.12 bits per heavy atom. The molecule has 0 aromatic rings. The molecule has 3 nitrogen and oxygen atoms in total. The molecule has 0 saturated heterocycles. The van der Waals surface area contributed by atoms with Gasteiger partial charge in [-0.2, -0.15) is 0 Å². The van der Waals surface area contributed by atoms with Crippen molar-refractivity contribution in [1.82, 2.24) is 0 Å². The zero-order valence-electron chi connectivity index (χ0n) is 10.7. The van der Waals surface area contributed by atoms with Gasteiger partial charge in [-0.05, 0) is 12.8 Å². The predicted octanol–water partition coefficient (Wildman–Crippen LogP) is 2.84. The lowest BCUT2D eigenvalue weighted by atomic mass is 10.1. The average molecular weight is 248 g/mol. The lowest BCUT2D eigenvalue weighted by molar-refractivity contribution is 0.182. The molecule has 0 radical (unpaired) electrons. The van der Waals surface area contributed by atoms with Gasteiger partial charge in [0.05, 0.1) is 6.67 Å². The van der Waals surface area contributed by atoms with Gasteiger partial charge < -0.3 is 14.7 Å². The van der Waals surface area contributed by atoms with Crippen molar-refractivity contribution in [1.29, 1.82) is 0 Å². The van der Waals surface area contributed by atoms with E-state index in [9.17, 15) is 4.39 Å². The van der Waals surface area contributed by atoms with Crippen molar-refractivity contribution in [2.24, 2.45) is 0 Å². The zero-order chi connectivity index (χ0) is 12.8. The maximum Gasteiger partial charge on any atom is 0.633 e.